The largest absolute Gasteiger partial charge is 0.367 e. The maximum absolute atomic E-state index is 4.45. The fourth-order valence-electron chi connectivity index (χ4n) is 4.22. The standard InChI is InChI=1S/C19H24N4/c1-15-13-17(21-22-18(15)16-7-3-2-4-8-16)20-14-19-9-5-11-23(19)12-6-10-19/h2-4,7-8,13H,5-6,9-12,14H2,1H3,(H,20,21). The number of anilines is 1. The van der Waals surface area contributed by atoms with Crippen molar-refractivity contribution in [2.24, 2.45) is 0 Å². The number of nitrogens with zero attached hydrogens (tertiary/aromatic N) is 3. The molecule has 2 fully saturated rings. The molecule has 4 nitrogen and oxygen atoms in total. The van der Waals surface area contributed by atoms with E-state index in [1.165, 1.54) is 44.3 Å². The van der Waals surface area contributed by atoms with Crippen LogP contribution in [0.4, 0.5) is 5.82 Å². The Balaban J connectivity index is 1.49. The summed E-state index contributed by atoms with van der Waals surface area (Å²) in [6.07, 6.45) is 5.29. The van der Waals surface area contributed by atoms with Crippen molar-refractivity contribution in [3.8, 4) is 11.3 Å². The molecule has 120 valence electrons. The topological polar surface area (TPSA) is 41.0 Å². The summed E-state index contributed by atoms with van der Waals surface area (Å²) in [6, 6.07) is 12.4. The second-order valence-corrected chi connectivity index (χ2v) is 6.90. The number of rotatable bonds is 4. The van der Waals surface area contributed by atoms with Crippen LogP contribution in [0.15, 0.2) is 36.4 Å². The number of aryl methyl sites for hydroxylation is 1. The minimum absolute atomic E-state index is 0.369. The molecule has 0 saturated carbocycles. The SMILES string of the molecule is Cc1cc(NCC23CCCN2CCC3)nnc1-c1ccccc1. The molecule has 0 unspecified atom stereocenters. The molecule has 0 atom stereocenters. The number of benzene rings is 1. The van der Waals surface area contributed by atoms with E-state index in [9.17, 15) is 0 Å². The van der Waals surface area contributed by atoms with Gasteiger partial charge in [-0.3, -0.25) is 4.90 Å². The zero-order chi connectivity index (χ0) is 15.7. The second-order valence-electron chi connectivity index (χ2n) is 6.90. The first-order valence-corrected chi connectivity index (χ1v) is 8.66. The first-order chi connectivity index (χ1) is 11.3. The zero-order valence-electron chi connectivity index (χ0n) is 13.8. The summed E-state index contributed by atoms with van der Waals surface area (Å²) in [5.74, 6) is 0.898. The van der Waals surface area contributed by atoms with Crippen LogP contribution >= 0.6 is 0 Å². The fraction of sp³-hybridized carbons (Fsp3) is 0.474. The third kappa shape index (κ3) is 2.72. The third-order valence-electron chi connectivity index (χ3n) is 5.44. The lowest BCUT2D eigenvalue weighted by molar-refractivity contribution is 0.209. The van der Waals surface area contributed by atoms with Crippen molar-refractivity contribution in [1.82, 2.24) is 15.1 Å². The molecule has 23 heavy (non-hydrogen) atoms. The van der Waals surface area contributed by atoms with E-state index in [2.05, 4.69) is 45.5 Å². The van der Waals surface area contributed by atoms with Gasteiger partial charge in [0.2, 0.25) is 0 Å². The first-order valence-electron chi connectivity index (χ1n) is 8.66. The summed E-state index contributed by atoms with van der Waals surface area (Å²) in [5, 5.41) is 12.4. The van der Waals surface area contributed by atoms with E-state index in [-0.39, 0.29) is 0 Å². The van der Waals surface area contributed by atoms with Crippen molar-refractivity contribution in [3.05, 3.63) is 42.0 Å². The second kappa shape index (κ2) is 5.93. The summed E-state index contributed by atoms with van der Waals surface area (Å²) in [7, 11) is 0. The first kappa shape index (κ1) is 14.6. The van der Waals surface area contributed by atoms with E-state index in [1.807, 2.05) is 18.2 Å². The number of fused-ring (bicyclic) bond motifs is 1. The highest BCUT2D eigenvalue weighted by Crippen LogP contribution is 2.38. The quantitative estimate of drug-likeness (QED) is 0.938. The predicted molar refractivity (Wildman–Crippen MR) is 93.5 cm³/mol. The van der Waals surface area contributed by atoms with Gasteiger partial charge in [-0.2, -0.15) is 0 Å². The van der Waals surface area contributed by atoms with Gasteiger partial charge < -0.3 is 5.32 Å². The Labute approximate surface area is 137 Å². The van der Waals surface area contributed by atoms with Gasteiger partial charge in [-0.05, 0) is 57.3 Å². The molecule has 0 aliphatic carbocycles. The van der Waals surface area contributed by atoms with Crippen LogP contribution in [0.3, 0.4) is 0 Å². The maximum Gasteiger partial charge on any atom is 0.149 e. The molecule has 4 heteroatoms. The third-order valence-corrected chi connectivity index (χ3v) is 5.44. The van der Waals surface area contributed by atoms with E-state index in [4.69, 9.17) is 0 Å². The molecule has 2 saturated heterocycles. The van der Waals surface area contributed by atoms with Gasteiger partial charge in [0.15, 0.2) is 0 Å². The molecule has 1 aromatic heterocycles. The Morgan fingerprint density at radius 3 is 2.52 bits per heavy atom. The molecular weight excluding hydrogens is 284 g/mol. The summed E-state index contributed by atoms with van der Waals surface area (Å²) < 4.78 is 0. The Morgan fingerprint density at radius 1 is 1.09 bits per heavy atom. The van der Waals surface area contributed by atoms with E-state index in [1.54, 1.807) is 0 Å². The van der Waals surface area contributed by atoms with Gasteiger partial charge >= 0.3 is 0 Å². The highest BCUT2D eigenvalue weighted by molar-refractivity contribution is 5.63. The van der Waals surface area contributed by atoms with Crippen LogP contribution in [0.25, 0.3) is 11.3 Å². The van der Waals surface area contributed by atoms with Gasteiger partial charge in [-0.25, -0.2) is 0 Å². The van der Waals surface area contributed by atoms with Crippen LogP contribution < -0.4 is 5.32 Å². The lowest BCUT2D eigenvalue weighted by Gasteiger charge is -2.32. The van der Waals surface area contributed by atoms with Crippen molar-refractivity contribution in [1.29, 1.82) is 0 Å². The van der Waals surface area contributed by atoms with Crippen LogP contribution in [-0.4, -0.2) is 40.3 Å². The fourth-order valence-corrected chi connectivity index (χ4v) is 4.22. The maximum atomic E-state index is 4.45. The van der Waals surface area contributed by atoms with Gasteiger partial charge in [-0.15, -0.1) is 10.2 Å². The molecule has 0 amide bonds. The monoisotopic (exact) mass is 308 g/mol. The highest BCUT2D eigenvalue weighted by Gasteiger charge is 2.43. The normalized spacial score (nSPS) is 19.7. The van der Waals surface area contributed by atoms with E-state index in [0.717, 1.165) is 23.6 Å². The van der Waals surface area contributed by atoms with Crippen LogP contribution in [-0.2, 0) is 0 Å². The molecule has 0 bridgehead atoms. The van der Waals surface area contributed by atoms with Crippen LogP contribution in [0.5, 0.6) is 0 Å². The van der Waals surface area contributed by atoms with Gasteiger partial charge in [0, 0.05) is 17.6 Å². The average Bonchev–Trinajstić information content (AvgIpc) is 3.14. The average molecular weight is 308 g/mol. The minimum atomic E-state index is 0.369. The molecule has 2 aromatic rings. The lowest BCUT2D eigenvalue weighted by atomic mass is 9.94. The van der Waals surface area contributed by atoms with Crippen molar-refractivity contribution in [2.75, 3.05) is 25.0 Å². The van der Waals surface area contributed by atoms with Crippen molar-refractivity contribution >= 4 is 5.82 Å². The van der Waals surface area contributed by atoms with E-state index in [0.29, 0.717) is 5.54 Å². The van der Waals surface area contributed by atoms with E-state index < -0.39 is 0 Å². The van der Waals surface area contributed by atoms with Crippen LogP contribution in [0.2, 0.25) is 0 Å². The predicted octanol–water partition coefficient (Wildman–Crippen LogP) is 3.49. The summed E-state index contributed by atoms with van der Waals surface area (Å²) in [4.78, 5) is 2.67. The molecule has 2 aliphatic rings. The lowest BCUT2D eigenvalue weighted by Crippen LogP contribution is -2.44. The Kier molecular flexibility index (Phi) is 3.77. The van der Waals surface area contributed by atoms with Gasteiger partial charge in [0.25, 0.3) is 0 Å². The van der Waals surface area contributed by atoms with Crippen molar-refractivity contribution in [2.45, 2.75) is 38.1 Å². The van der Waals surface area contributed by atoms with Gasteiger partial charge in [0.05, 0.1) is 5.69 Å². The number of aromatic nitrogens is 2. The van der Waals surface area contributed by atoms with Gasteiger partial charge in [-0.1, -0.05) is 30.3 Å². The summed E-state index contributed by atoms with van der Waals surface area (Å²) in [5.41, 5.74) is 3.63. The van der Waals surface area contributed by atoms with Gasteiger partial charge in [0.1, 0.15) is 5.82 Å². The number of nitrogens with one attached hydrogen (secondary N) is 1. The zero-order valence-corrected chi connectivity index (χ0v) is 13.8. The van der Waals surface area contributed by atoms with Crippen LogP contribution in [0, 0.1) is 6.92 Å². The molecule has 1 aromatic carbocycles. The minimum Gasteiger partial charge on any atom is -0.367 e. The van der Waals surface area contributed by atoms with Crippen molar-refractivity contribution in [3.63, 3.8) is 0 Å². The molecule has 2 aliphatic heterocycles. The summed E-state index contributed by atoms with van der Waals surface area (Å²) >= 11 is 0. The van der Waals surface area contributed by atoms with Crippen LogP contribution in [0.1, 0.15) is 31.2 Å². The molecule has 0 radical (unpaired) electrons. The Morgan fingerprint density at radius 2 is 1.83 bits per heavy atom. The molecular formula is C19H24N4. The Bertz CT molecular complexity index is 673. The molecule has 3 heterocycles. The molecule has 4 rings (SSSR count). The number of hydrogen-bond donors (Lipinski definition) is 1. The van der Waals surface area contributed by atoms with Crippen molar-refractivity contribution < 1.29 is 0 Å². The Hall–Kier alpha value is -1.94. The number of hydrogen-bond acceptors (Lipinski definition) is 4. The molecule has 1 N–H and O–H groups in total. The smallest absolute Gasteiger partial charge is 0.149 e. The van der Waals surface area contributed by atoms with E-state index >= 15 is 0 Å². The highest BCUT2D eigenvalue weighted by atomic mass is 15.3. The molecule has 0 spiro atoms. The summed E-state index contributed by atoms with van der Waals surface area (Å²) in [6.45, 7) is 5.63.